The van der Waals surface area contributed by atoms with Gasteiger partial charge in [0.2, 0.25) is 0 Å². The lowest BCUT2D eigenvalue weighted by Gasteiger charge is -2.07. The summed E-state index contributed by atoms with van der Waals surface area (Å²) in [5, 5.41) is 0. The van der Waals surface area contributed by atoms with E-state index in [-0.39, 0.29) is 12.6 Å². The predicted molar refractivity (Wildman–Crippen MR) is 83.7 cm³/mol. The van der Waals surface area contributed by atoms with Gasteiger partial charge in [0.1, 0.15) is 0 Å². The topological polar surface area (TPSA) is 35.5 Å². The highest BCUT2D eigenvalue weighted by molar-refractivity contribution is 5.87. The second-order valence-corrected chi connectivity index (χ2v) is 5.49. The first-order chi connectivity index (χ1) is 9.57. The van der Waals surface area contributed by atoms with Crippen LogP contribution in [0.3, 0.4) is 0 Å². The number of esters is 1. The van der Waals surface area contributed by atoms with Gasteiger partial charge >= 0.3 is 5.97 Å². The summed E-state index contributed by atoms with van der Waals surface area (Å²) in [6.07, 6.45) is 8.77. The molecule has 0 aromatic carbocycles. The maximum Gasteiger partial charge on any atom is 0.335 e. The number of hydrogen-bond acceptors (Lipinski definition) is 3. The van der Waals surface area contributed by atoms with E-state index in [2.05, 4.69) is 27.0 Å². The molecule has 20 heavy (non-hydrogen) atoms. The molecular weight excluding hydrogens is 252 g/mol. The van der Waals surface area contributed by atoms with Crippen LogP contribution in [0.5, 0.6) is 0 Å². The van der Waals surface area contributed by atoms with Crippen LogP contribution >= 0.6 is 0 Å². The highest BCUT2D eigenvalue weighted by Gasteiger charge is 2.07. The number of carbonyl (C=O) groups excluding carboxylic acids is 1. The lowest BCUT2D eigenvalue weighted by molar-refractivity contribution is -0.139. The Hall–Kier alpha value is -1.09. The fourth-order valence-corrected chi connectivity index (χ4v) is 1.78. The van der Waals surface area contributed by atoms with Gasteiger partial charge in [-0.05, 0) is 12.3 Å². The van der Waals surface area contributed by atoms with Crippen molar-refractivity contribution in [2.24, 2.45) is 5.92 Å². The number of rotatable bonds is 13. The molecule has 0 aliphatic carbocycles. The molecule has 116 valence electrons. The monoisotopic (exact) mass is 282 g/mol. The standard InChI is InChI=1S/C17H30O3/c1-5-12-19-14-16(4)17(18)20-13-10-8-6-7-9-11-15(2)3/h5,15H,1,4,6-14H2,2-3H3. The second kappa shape index (κ2) is 12.9. The van der Waals surface area contributed by atoms with Crippen molar-refractivity contribution < 1.29 is 14.3 Å². The van der Waals surface area contributed by atoms with Gasteiger partial charge in [0.25, 0.3) is 0 Å². The normalized spacial score (nSPS) is 10.6. The third kappa shape index (κ3) is 12.0. The molecule has 0 aliphatic heterocycles. The molecule has 0 rings (SSSR count). The van der Waals surface area contributed by atoms with Gasteiger partial charge in [0.05, 0.1) is 25.4 Å². The van der Waals surface area contributed by atoms with Crippen molar-refractivity contribution in [2.45, 2.75) is 52.4 Å². The molecule has 0 bridgehead atoms. The van der Waals surface area contributed by atoms with E-state index in [1.165, 1.54) is 25.7 Å². The number of carbonyl (C=O) groups is 1. The van der Waals surface area contributed by atoms with Crippen LogP contribution in [0.4, 0.5) is 0 Å². The van der Waals surface area contributed by atoms with Gasteiger partial charge in [-0.2, -0.15) is 0 Å². The first-order valence-corrected chi connectivity index (χ1v) is 7.61. The molecule has 3 heteroatoms. The van der Waals surface area contributed by atoms with Gasteiger partial charge < -0.3 is 9.47 Å². The molecule has 0 unspecified atom stereocenters. The molecule has 0 N–H and O–H groups in total. The summed E-state index contributed by atoms with van der Waals surface area (Å²) in [5.74, 6) is 0.444. The van der Waals surface area contributed by atoms with Gasteiger partial charge in [-0.25, -0.2) is 4.79 Å². The van der Waals surface area contributed by atoms with Crippen LogP contribution in [0.2, 0.25) is 0 Å². The Kier molecular flexibility index (Phi) is 12.2. The molecule has 0 heterocycles. The highest BCUT2D eigenvalue weighted by atomic mass is 16.5. The molecule has 0 aromatic heterocycles. The molecular formula is C17H30O3. The SMILES string of the molecule is C=CCOCC(=C)C(=O)OCCCCCCCC(C)C. The smallest absolute Gasteiger partial charge is 0.335 e. The molecule has 0 atom stereocenters. The van der Waals surface area contributed by atoms with E-state index in [0.717, 1.165) is 18.8 Å². The third-order valence-electron chi connectivity index (χ3n) is 2.96. The molecule has 0 spiro atoms. The minimum absolute atomic E-state index is 0.208. The zero-order chi connectivity index (χ0) is 15.2. The van der Waals surface area contributed by atoms with Crippen LogP contribution in [0, 0.1) is 5.92 Å². The fraction of sp³-hybridized carbons (Fsp3) is 0.706. The van der Waals surface area contributed by atoms with E-state index in [0.29, 0.717) is 18.8 Å². The first kappa shape index (κ1) is 18.9. The number of unbranched alkanes of at least 4 members (excludes halogenated alkanes) is 4. The molecule has 3 nitrogen and oxygen atoms in total. The predicted octanol–water partition coefficient (Wildman–Crippen LogP) is 4.29. The Morgan fingerprint density at radius 2 is 1.80 bits per heavy atom. The largest absolute Gasteiger partial charge is 0.462 e. The Morgan fingerprint density at radius 3 is 2.45 bits per heavy atom. The zero-order valence-corrected chi connectivity index (χ0v) is 13.2. The number of hydrogen-bond donors (Lipinski definition) is 0. The lowest BCUT2D eigenvalue weighted by Crippen LogP contribution is -2.12. The Morgan fingerprint density at radius 1 is 1.15 bits per heavy atom. The van der Waals surface area contributed by atoms with E-state index < -0.39 is 0 Å². The van der Waals surface area contributed by atoms with E-state index in [9.17, 15) is 4.79 Å². The van der Waals surface area contributed by atoms with E-state index in [1.54, 1.807) is 6.08 Å². The maximum absolute atomic E-state index is 11.5. The maximum atomic E-state index is 11.5. The van der Waals surface area contributed by atoms with Crippen molar-refractivity contribution in [1.82, 2.24) is 0 Å². The van der Waals surface area contributed by atoms with Crippen LogP contribution in [-0.2, 0) is 14.3 Å². The third-order valence-corrected chi connectivity index (χ3v) is 2.96. The summed E-state index contributed by atoms with van der Waals surface area (Å²) < 4.78 is 10.3. The minimum Gasteiger partial charge on any atom is -0.462 e. The van der Waals surface area contributed by atoms with Crippen molar-refractivity contribution in [2.75, 3.05) is 19.8 Å². The van der Waals surface area contributed by atoms with Crippen molar-refractivity contribution in [1.29, 1.82) is 0 Å². The van der Waals surface area contributed by atoms with Crippen LogP contribution in [-0.4, -0.2) is 25.8 Å². The van der Waals surface area contributed by atoms with Crippen molar-refractivity contribution in [3.63, 3.8) is 0 Å². The van der Waals surface area contributed by atoms with Gasteiger partial charge in [-0.1, -0.05) is 58.6 Å². The molecule has 0 saturated heterocycles. The number of ether oxygens (including phenoxy) is 2. The average molecular weight is 282 g/mol. The van der Waals surface area contributed by atoms with E-state index in [1.807, 2.05) is 0 Å². The summed E-state index contributed by atoms with van der Waals surface area (Å²) >= 11 is 0. The lowest BCUT2D eigenvalue weighted by atomic mass is 10.0. The summed E-state index contributed by atoms with van der Waals surface area (Å²) in [4.78, 5) is 11.5. The molecule has 0 aromatic rings. The van der Waals surface area contributed by atoms with Crippen LogP contribution in [0.1, 0.15) is 52.4 Å². The molecule has 0 aliphatic rings. The average Bonchev–Trinajstić information content (AvgIpc) is 2.41. The van der Waals surface area contributed by atoms with Crippen molar-refractivity contribution in [3.8, 4) is 0 Å². The first-order valence-electron chi connectivity index (χ1n) is 7.61. The minimum atomic E-state index is -0.353. The van der Waals surface area contributed by atoms with Crippen molar-refractivity contribution >= 4 is 5.97 Å². The molecule has 0 fully saturated rings. The Bertz CT molecular complexity index is 282. The quantitative estimate of drug-likeness (QED) is 0.219. The summed E-state index contributed by atoms with van der Waals surface area (Å²) in [7, 11) is 0. The highest BCUT2D eigenvalue weighted by Crippen LogP contribution is 2.10. The van der Waals surface area contributed by atoms with Gasteiger partial charge in [0.15, 0.2) is 0 Å². The van der Waals surface area contributed by atoms with Crippen LogP contribution in [0.25, 0.3) is 0 Å². The van der Waals surface area contributed by atoms with Gasteiger partial charge in [-0.3, -0.25) is 0 Å². The molecule has 0 radical (unpaired) electrons. The Balaban J connectivity index is 3.38. The van der Waals surface area contributed by atoms with E-state index in [4.69, 9.17) is 9.47 Å². The van der Waals surface area contributed by atoms with E-state index >= 15 is 0 Å². The van der Waals surface area contributed by atoms with Crippen molar-refractivity contribution in [3.05, 3.63) is 24.8 Å². The Labute approximate surface area is 124 Å². The van der Waals surface area contributed by atoms with Crippen LogP contribution < -0.4 is 0 Å². The summed E-state index contributed by atoms with van der Waals surface area (Å²) in [5.41, 5.74) is 0.365. The summed E-state index contributed by atoms with van der Waals surface area (Å²) in [6.45, 7) is 12.8. The summed E-state index contributed by atoms with van der Waals surface area (Å²) in [6, 6.07) is 0. The zero-order valence-electron chi connectivity index (χ0n) is 13.2. The molecule has 0 amide bonds. The van der Waals surface area contributed by atoms with Crippen LogP contribution in [0.15, 0.2) is 24.8 Å². The second-order valence-electron chi connectivity index (χ2n) is 5.49. The van der Waals surface area contributed by atoms with Gasteiger partial charge in [0, 0.05) is 0 Å². The molecule has 0 saturated carbocycles. The fourth-order valence-electron chi connectivity index (χ4n) is 1.78. The van der Waals surface area contributed by atoms with Gasteiger partial charge in [-0.15, -0.1) is 6.58 Å².